The molecule has 2 heterocycles. The highest BCUT2D eigenvalue weighted by Gasteiger charge is 2.51. The Kier molecular flexibility index (Phi) is 8.44. The topological polar surface area (TPSA) is 257 Å². The second kappa shape index (κ2) is 10.4. The van der Waals surface area contributed by atoms with Gasteiger partial charge in [-0.2, -0.15) is 0 Å². The van der Waals surface area contributed by atoms with Gasteiger partial charge in [0.2, 0.25) is 0 Å². The van der Waals surface area contributed by atoms with Gasteiger partial charge in [0.05, 0.1) is 18.8 Å². The summed E-state index contributed by atoms with van der Waals surface area (Å²) in [7, 11) is 0. The van der Waals surface area contributed by atoms with E-state index in [9.17, 15) is 35.7 Å². The molecule has 32 heavy (non-hydrogen) atoms. The van der Waals surface area contributed by atoms with Gasteiger partial charge in [0, 0.05) is 12.1 Å². The van der Waals surface area contributed by atoms with Gasteiger partial charge >= 0.3 is 0 Å². The molecule has 15 atom stereocenters. The smallest absolute Gasteiger partial charge is 0.187 e. The zero-order valence-corrected chi connectivity index (χ0v) is 17.6. The molecule has 3 fully saturated rings. The third kappa shape index (κ3) is 4.94. The second-order valence-corrected chi connectivity index (χ2v) is 8.72. The number of hydrogen-bond donors (Lipinski definition) is 10. The molecule has 1 aliphatic carbocycles. The van der Waals surface area contributed by atoms with E-state index in [1.807, 2.05) is 0 Å². The number of aliphatic hydroxyl groups is 7. The van der Waals surface area contributed by atoms with Gasteiger partial charge in [0.15, 0.2) is 12.6 Å². The van der Waals surface area contributed by atoms with Crippen LogP contribution in [0.4, 0.5) is 0 Å². The quantitative estimate of drug-likeness (QED) is 0.180. The fourth-order valence-corrected chi connectivity index (χ4v) is 4.30. The molecule has 0 aromatic rings. The molecule has 2 saturated heterocycles. The van der Waals surface area contributed by atoms with Crippen LogP contribution in [0.25, 0.3) is 0 Å². The van der Waals surface area contributed by atoms with E-state index in [0.29, 0.717) is 0 Å². The number of aliphatic hydroxyl groups excluding tert-OH is 7. The third-order valence-corrected chi connectivity index (χ3v) is 6.39. The Balaban J connectivity index is 1.71. The van der Waals surface area contributed by atoms with Crippen LogP contribution in [0.1, 0.15) is 13.3 Å². The molecule has 14 heteroatoms. The first-order valence-electron chi connectivity index (χ1n) is 10.6. The summed E-state index contributed by atoms with van der Waals surface area (Å²) >= 11 is 0. The van der Waals surface area contributed by atoms with Crippen molar-refractivity contribution in [2.45, 2.75) is 105 Å². The number of nitrogens with two attached hydrogens (primary N) is 3. The normalized spacial score (nSPS) is 55.0. The van der Waals surface area contributed by atoms with Gasteiger partial charge in [-0.25, -0.2) is 0 Å². The summed E-state index contributed by atoms with van der Waals surface area (Å²) in [6.07, 6.45) is -15.8. The van der Waals surface area contributed by atoms with E-state index < -0.39 is 98.4 Å². The molecule has 0 unspecified atom stereocenters. The molecule has 14 nitrogen and oxygen atoms in total. The van der Waals surface area contributed by atoms with Gasteiger partial charge in [0.25, 0.3) is 0 Å². The molecule has 188 valence electrons. The van der Waals surface area contributed by atoms with Crippen molar-refractivity contribution in [3.05, 3.63) is 0 Å². The van der Waals surface area contributed by atoms with E-state index in [0.717, 1.165) is 0 Å². The zero-order valence-electron chi connectivity index (χ0n) is 17.6. The van der Waals surface area contributed by atoms with Gasteiger partial charge < -0.3 is 71.9 Å². The van der Waals surface area contributed by atoms with E-state index in [1.54, 1.807) is 0 Å². The van der Waals surface area contributed by atoms with E-state index in [-0.39, 0.29) is 6.42 Å². The summed E-state index contributed by atoms with van der Waals surface area (Å²) in [5.74, 6) is 0. The fraction of sp³-hybridized carbons (Fsp3) is 1.00. The molecule has 0 radical (unpaired) electrons. The molecule has 0 spiro atoms. The average molecular weight is 469 g/mol. The van der Waals surface area contributed by atoms with E-state index >= 15 is 0 Å². The summed E-state index contributed by atoms with van der Waals surface area (Å²) in [5.41, 5.74) is 18.0. The van der Waals surface area contributed by atoms with Gasteiger partial charge in [-0.05, 0) is 13.3 Å². The minimum Gasteiger partial charge on any atom is -0.394 e. The highest BCUT2D eigenvalue weighted by molar-refractivity contribution is 5.01. The van der Waals surface area contributed by atoms with Crippen LogP contribution in [0.15, 0.2) is 0 Å². The minimum absolute atomic E-state index is 0.108. The number of hydrogen-bond acceptors (Lipinski definition) is 14. The molecule has 0 aromatic carbocycles. The van der Waals surface area contributed by atoms with Crippen LogP contribution in [0.5, 0.6) is 0 Å². The number of rotatable bonds is 5. The Morgan fingerprint density at radius 3 is 1.78 bits per heavy atom. The first-order valence-corrected chi connectivity index (χ1v) is 10.6. The van der Waals surface area contributed by atoms with E-state index in [2.05, 4.69) is 0 Å². The third-order valence-electron chi connectivity index (χ3n) is 6.39. The molecule has 0 aromatic heterocycles. The lowest BCUT2D eigenvalue weighted by Gasteiger charge is -2.48. The van der Waals surface area contributed by atoms with Crippen LogP contribution in [0.3, 0.4) is 0 Å². The first kappa shape index (κ1) is 26.1. The second-order valence-electron chi connectivity index (χ2n) is 8.72. The molecular formula is C18H35N3O11. The van der Waals surface area contributed by atoms with Crippen molar-refractivity contribution >= 4 is 0 Å². The van der Waals surface area contributed by atoms with Gasteiger partial charge in [-0.3, -0.25) is 0 Å². The highest BCUT2D eigenvalue weighted by Crippen LogP contribution is 2.31. The molecule has 0 amide bonds. The van der Waals surface area contributed by atoms with Crippen LogP contribution in [-0.4, -0.2) is 134 Å². The first-order chi connectivity index (χ1) is 15.0. The van der Waals surface area contributed by atoms with Gasteiger partial charge in [0.1, 0.15) is 54.9 Å². The summed E-state index contributed by atoms with van der Waals surface area (Å²) in [4.78, 5) is 0. The molecule has 0 bridgehead atoms. The summed E-state index contributed by atoms with van der Waals surface area (Å²) in [5, 5.41) is 70.6. The van der Waals surface area contributed by atoms with Crippen molar-refractivity contribution < 1.29 is 54.7 Å². The van der Waals surface area contributed by atoms with Crippen molar-refractivity contribution in [1.29, 1.82) is 0 Å². The Morgan fingerprint density at radius 1 is 0.719 bits per heavy atom. The number of ether oxygens (including phenoxy) is 4. The van der Waals surface area contributed by atoms with Gasteiger partial charge in [-0.1, -0.05) is 0 Å². The Bertz CT molecular complexity index is 619. The Hall–Kier alpha value is -0.560. The lowest BCUT2D eigenvalue weighted by molar-refractivity contribution is -0.331. The predicted octanol–water partition coefficient (Wildman–Crippen LogP) is -6.23. The molecule has 13 N–H and O–H groups in total. The van der Waals surface area contributed by atoms with Crippen LogP contribution >= 0.6 is 0 Å². The van der Waals surface area contributed by atoms with E-state index in [4.69, 9.17) is 36.1 Å². The summed E-state index contributed by atoms with van der Waals surface area (Å²) in [6, 6.07) is -2.80. The van der Waals surface area contributed by atoms with Crippen LogP contribution < -0.4 is 17.2 Å². The van der Waals surface area contributed by atoms with Crippen molar-refractivity contribution in [1.82, 2.24) is 0 Å². The highest BCUT2D eigenvalue weighted by atomic mass is 16.7. The van der Waals surface area contributed by atoms with Crippen LogP contribution in [-0.2, 0) is 18.9 Å². The molecule has 3 aliphatic rings. The Labute approximate surface area is 184 Å². The zero-order chi connectivity index (χ0) is 23.9. The predicted molar refractivity (Wildman–Crippen MR) is 104 cm³/mol. The molecule has 3 rings (SSSR count). The largest absolute Gasteiger partial charge is 0.394 e. The average Bonchev–Trinajstić information content (AvgIpc) is 2.75. The fourth-order valence-electron chi connectivity index (χ4n) is 4.30. The lowest BCUT2D eigenvalue weighted by Crippen LogP contribution is -2.68. The van der Waals surface area contributed by atoms with Crippen LogP contribution in [0.2, 0.25) is 0 Å². The Morgan fingerprint density at radius 2 is 1.25 bits per heavy atom. The summed E-state index contributed by atoms with van der Waals surface area (Å²) in [6.45, 7) is 0.896. The van der Waals surface area contributed by atoms with Crippen molar-refractivity contribution in [2.24, 2.45) is 17.2 Å². The summed E-state index contributed by atoms with van der Waals surface area (Å²) < 4.78 is 22.2. The maximum atomic E-state index is 10.9. The maximum absolute atomic E-state index is 10.9. The van der Waals surface area contributed by atoms with Gasteiger partial charge in [-0.15, -0.1) is 0 Å². The molecular weight excluding hydrogens is 434 g/mol. The van der Waals surface area contributed by atoms with Crippen molar-refractivity contribution in [2.75, 3.05) is 6.61 Å². The van der Waals surface area contributed by atoms with Crippen molar-refractivity contribution in [3.63, 3.8) is 0 Å². The molecule has 1 saturated carbocycles. The minimum atomic E-state index is -1.61. The standard InChI is InChI=1S/C18H35N3O11/c1-4-9(23)12(26)13(27)18(29-4)32-16-6(20)2-5(19)15(14(16)28)31-17-11(25)8(21)10(24)7(3-22)30-17/h4-18,22-28H,2-3,19-21H2,1H3/t4-,5+,6-,7+,8-,9-,10+,11+,12+,13-,14+,15-,16+,17+,18-/m0/s1. The molecule has 2 aliphatic heterocycles. The van der Waals surface area contributed by atoms with E-state index in [1.165, 1.54) is 6.92 Å². The monoisotopic (exact) mass is 469 g/mol. The maximum Gasteiger partial charge on any atom is 0.187 e. The van der Waals surface area contributed by atoms with Crippen LogP contribution in [0, 0.1) is 0 Å². The van der Waals surface area contributed by atoms with Crippen molar-refractivity contribution in [3.8, 4) is 0 Å². The SMILES string of the molecule is C[C@@H]1O[C@@H](O[C@H]2[C@H](O)[C@@H](O[C@H]3O[C@H](CO)[C@@H](O)[C@H](N)[C@H]3O)[C@H](N)C[C@@H]2N)[C@@H](O)[C@H](O)[C@H]1O. The lowest BCUT2D eigenvalue weighted by atomic mass is 9.84.